The largest absolute Gasteiger partial charge is 0.481 e. The van der Waals surface area contributed by atoms with Crippen LogP contribution < -0.4 is 10.4 Å². The Labute approximate surface area is 210 Å². The van der Waals surface area contributed by atoms with Crippen molar-refractivity contribution in [1.82, 2.24) is 0 Å². The number of carbonyl (C=O) groups is 2. The Morgan fingerprint density at radius 2 is 1.31 bits per heavy atom. The zero-order valence-electron chi connectivity index (χ0n) is 22.1. The molecule has 1 aliphatic rings. The van der Waals surface area contributed by atoms with E-state index in [9.17, 15) is 19.8 Å². The maximum absolute atomic E-state index is 13.0. The van der Waals surface area contributed by atoms with Gasteiger partial charge in [-0.1, -0.05) is 102 Å². The Hall–Kier alpha value is -2.44. The topological polar surface area (TPSA) is 83.8 Å². The summed E-state index contributed by atoms with van der Waals surface area (Å²) >= 11 is 0. The molecular weight excluding hydrogens is 456 g/mol. The van der Waals surface area contributed by atoms with Crippen molar-refractivity contribution in [2.75, 3.05) is 0 Å². The third-order valence-electron chi connectivity index (χ3n) is 8.32. The molecule has 2 aromatic carbocycles. The summed E-state index contributed by atoms with van der Waals surface area (Å²) in [5.41, 5.74) is -3.68. The fraction of sp³-hybridized carbons (Fsp3) is 0.517. The van der Waals surface area contributed by atoms with E-state index in [1.54, 1.807) is 6.92 Å². The second-order valence-electron chi connectivity index (χ2n) is 12.2. The highest BCUT2D eigenvalue weighted by Gasteiger charge is 2.67. The van der Waals surface area contributed by atoms with Crippen LogP contribution in [0.5, 0.6) is 0 Å². The molecule has 1 aliphatic carbocycles. The van der Waals surface area contributed by atoms with Crippen LogP contribution in [0.25, 0.3) is 0 Å². The van der Waals surface area contributed by atoms with Gasteiger partial charge in [0.2, 0.25) is 0 Å². The van der Waals surface area contributed by atoms with Crippen LogP contribution >= 0.6 is 0 Å². The van der Waals surface area contributed by atoms with E-state index in [0.717, 1.165) is 10.4 Å². The van der Waals surface area contributed by atoms with Gasteiger partial charge in [-0.2, -0.15) is 0 Å². The second kappa shape index (κ2) is 9.21. The summed E-state index contributed by atoms with van der Waals surface area (Å²) in [5.74, 6) is -2.12. The highest BCUT2D eigenvalue weighted by atomic mass is 28.4. The lowest BCUT2D eigenvalue weighted by Gasteiger charge is -2.56. The monoisotopic (exact) mass is 496 g/mol. The molecule has 0 aromatic heterocycles. The molecule has 3 rings (SSSR count). The number of hydrogen-bond acceptors (Lipinski definition) is 3. The quantitative estimate of drug-likeness (QED) is 0.529. The number of benzene rings is 2. The lowest BCUT2D eigenvalue weighted by Crippen LogP contribution is -2.69. The van der Waals surface area contributed by atoms with E-state index >= 15 is 0 Å². The lowest BCUT2D eigenvalue weighted by atomic mass is 9.47. The summed E-state index contributed by atoms with van der Waals surface area (Å²) in [5, 5.41) is 22.9. The summed E-state index contributed by atoms with van der Waals surface area (Å²) in [7, 11) is -2.91. The smallest absolute Gasteiger partial charge is 0.311 e. The van der Waals surface area contributed by atoms with Crippen LogP contribution in [0.2, 0.25) is 5.04 Å². The summed E-state index contributed by atoms with van der Waals surface area (Å²) in [6.45, 7) is 13.7. The van der Waals surface area contributed by atoms with Crippen molar-refractivity contribution in [3.63, 3.8) is 0 Å². The maximum atomic E-state index is 13.0. The Kier molecular flexibility index (Phi) is 7.15. The zero-order chi connectivity index (χ0) is 26.3. The van der Waals surface area contributed by atoms with E-state index in [2.05, 4.69) is 45.0 Å². The number of rotatable bonds is 6. The van der Waals surface area contributed by atoms with Crippen LogP contribution in [0.3, 0.4) is 0 Å². The molecule has 0 heterocycles. The van der Waals surface area contributed by atoms with Crippen LogP contribution in [-0.2, 0) is 14.0 Å². The SMILES string of the molecule is CC(C)(C)[C@@]1(C(=O)O)C[C@H](O[Si](c2ccccc2)(c2ccccc2)C(C)(C)C)CC[C@@]1(C)C(=O)O. The van der Waals surface area contributed by atoms with Crippen LogP contribution in [0.1, 0.15) is 67.7 Å². The van der Waals surface area contributed by atoms with E-state index in [-0.39, 0.29) is 24.0 Å². The standard InChI is InChI=1S/C29H40O5Si/c1-26(2,3)29(25(32)33)20-21(18-19-28(29,7)24(30)31)34-35(27(4,5)6,22-14-10-8-11-15-22)23-16-12-9-13-17-23/h8-17,21H,18-20H2,1-7H3,(H,30,31)(H,32,33)/t21-,28+,29+/m1/s1. The molecule has 35 heavy (non-hydrogen) atoms. The van der Waals surface area contributed by atoms with Gasteiger partial charge < -0.3 is 14.6 Å². The van der Waals surface area contributed by atoms with Gasteiger partial charge in [0.1, 0.15) is 0 Å². The molecule has 2 N–H and O–H groups in total. The average molecular weight is 497 g/mol. The molecule has 6 heteroatoms. The minimum Gasteiger partial charge on any atom is -0.481 e. The first kappa shape index (κ1) is 27.1. The lowest BCUT2D eigenvalue weighted by molar-refractivity contribution is -0.198. The van der Waals surface area contributed by atoms with E-state index in [0.29, 0.717) is 6.42 Å². The Morgan fingerprint density at radius 1 is 0.857 bits per heavy atom. The Morgan fingerprint density at radius 3 is 1.66 bits per heavy atom. The van der Waals surface area contributed by atoms with Crippen molar-refractivity contribution in [2.24, 2.45) is 16.2 Å². The molecule has 190 valence electrons. The highest BCUT2D eigenvalue weighted by molar-refractivity contribution is 6.99. The van der Waals surface area contributed by atoms with Gasteiger partial charge in [-0.05, 0) is 47.0 Å². The van der Waals surface area contributed by atoms with Crippen molar-refractivity contribution in [3.8, 4) is 0 Å². The molecule has 0 bridgehead atoms. The van der Waals surface area contributed by atoms with Crippen LogP contribution in [-0.4, -0.2) is 36.6 Å². The molecule has 0 amide bonds. The molecule has 2 aromatic rings. The molecule has 1 saturated carbocycles. The molecule has 0 unspecified atom stereocenters. The zero-order valence-corrected chi connectivity index (χ0v) is 23.1. The van der Waals surface area contributed by atoms with Gasteiger partial charge in [-0.15, -0.1) is 0 Å². The van der Waals surface area contributed by atoms with E-state index in [1.165, 1.54) is 0 Å². The number of carboxylic acid groups (broad SMARTS) is 2. The van der Waals surface area contributed by atoms with Crippen LogP contribution in [0, 0.1) is 16.2 Å². The van der Waals surface area contributed by atoms with Gasteiger partial charge in [-0.25, -0.2) is 0 Å². The van der Waals surface area contributed by atoms with Gasteiger partial charge in [0.25, 0.3) is 8.32 Å². The summed E-state index contributed by atoms with van der Waals surface area (Å²) in [4.78, 5) is 25.5. The van der Waals surface area contributed by atoms with E-state index in [4.69, 9.17) is 4.43 Å². The minimum absolute atomic E-state index is 0.152. The number of hydrogen-bond donors (Lipinski definition) is 2. The van der Waals surface area contributed by atoms with Crippen molar-refractivity contribution in [3.05, 3.63) is 60.7 Å². The van der Waals surface area contributed by atoms with Gasteiger partial charge in [-0.3, -0.25) is 9.59 Å². The predicted octanol–water partition coefficient (Wildman–Crippen LogP) is 5.32. The summed E-state index contributed by atoms with van der Waals surface area (Å²) < 4.78 is 7.27. The van der Waals surface area contributed by atoms with Crippen molar-refractivity contribution in [2.45, 2.75) is 78.9 Å². The molecule has 3 atom stereocenters. The molecular formula is C29H40O5Si. The molecule has 0 radical (unpaired) electrons. The van der Waals surface area contributed by atoms with Crippen molar-refractivity contribution >= 4 is 30.6 Å². The van der Waals surface area contributed by atoms with E-state index < -0.39 is 36.5 Å². The number of carboxylic acids is 2. The summed E-state index contributed by atoms with van der Waals surface area (Å²) in [6, 6.07) is 20.5. The maximum Gasteiger partial charge on any atom is 0.311 e. The highest BCUT2D eigenvalue weighted by Crippen LogP contribution is 2.61. The predicted molar refractivity (Wildman–Crippen MR) is 142 cm³/mol. The minimum atomic E-state index is -2.91. The molecule has 0 saturated heterocycles. The third kappa shape index (κ3) is 4.25. The van der Waals surface area contributed by atoms with Gasteiger partial charge in [0.05, 0.1) is 10.8 Å². The van der Waals surface area contributed by atoms with Crippen molar-refractivity contribution in [1.29, 1.82) is 0 Å². The second-order valence-corrected chi connectivity index (χ2v) is 16.5. The first-order valence-corrected chi connectivity index (χ1v) is 14.3. The first-order chi connectivity index (χ1) is 16.1. The van der Waals surface area contributed by atoms with Crippen molar-refractivity contribution < 1.29 is 24.2 Å². The number of aliphatic carboxylic acids is 2. The van der Waals surface area contributed by atoms with Gasteiger partial charge in [0.15, 0.2) is 0 Å². The fourth-order valence-electron chi connectivity index (χ4n) is 6.44. The average Bonchev–Trinajstić information content (AvgIpc) is 2.77. The third-order valence-corrected chi connectivity index (χ3v) is 13.4. The van der Waals surface area contributed by atoms with Gasteiger partial charge in [0, 0.05) is 6.10 Å². The molecule has 0 aliphatic heterocycles. The Bertz CT molecular complexity index is 1010. The molecule has 5 nitrogen and oxygen atoms in total. The molecule has 1 fully saturated rings. The summed E-state index contributed by atoms with van der Waals surface area (Å²) in [6.07, 6.45) is 0.510. The molecule has 0 spiro atoms. The van der Waals surface area contributed by atoms with E-state index in [1.807, 2.05) is 57.2 Å². The van der Waals surface area contributed by atoms with Crippen LogP contribution in [0.4, 0.5) is 0 Å². The van der Waals surface area contributed by atoms with Crippen LogP contribution in [0.15, 0.2) is 60.7 Å². The normalized spacial score (nSPS) is 25.7. The Balaban J connectivity index is 2.22. The first-order valence-electron chi connectivity index (χ1n) is 12.4. The van der Waals surface area contributed by atoms with Gasteiger partial charge >= 0.3 is 11.9 Å². The fourth-order valence-corrected chi connectivity index (χ4v) is 11.2.